The lowest BCUT2D eigenvalue weighted by Crippen LogP contribution is -2.30. The molecule has 30 heavy (non-hydrogen) atoms. The molecular weight excluding hydrogens is 433 g/mol. The first-order chi connectivity index (χ1) is 14.3. The summed E-state index contributed by atoms with van der Waals surface area (Å²) < 4.78 is 6.87. The molecule has 0 saturated carbocycles. The van der Waals surface area contributed by atoms with Gasteiger partial charge in [0.25, 0.3) is 11.1 Å². The molecule has 1 aliphatic rings. The normalized spacial score (nSPS) is 14.9. The number of halogens is 2. The number of benzene rings is 1. The second-order valence-corrected chi connectivity index (χ2v) is 7.63. The number of aromatic nitrogens is 4. The molecule has 0 saturated heterocycles. The molecule has 1 aliphatic carbocycles. The summed E-state index contributed by atoms with van der Waals surface area (Å²) >= 11 is 12.7. The molecule has 1 unspecified atom stereocenters. The average molecular weight is 446 g/mol. The van der Waals surface area contributed by atoms with E-state index in [2.05, 4.69) is 15.2 Å². The monoisotopic (exact) mass is 445 g/mol. The van der Waals surface area contributed by atoms with Crippen molar-refractivity contribution >= 4 is 23.2 Å². The van der Waals surface area contributed by atoms with Crippen LogP contribution in [-0.2, 0) is 6.42 Å². The van der Waals surface area contributed by atoms with Crippen molar-refractivity contribution < 1.29 is 4.74 Å². The molecule has 1 atom stereocenters. The van der Waals surface area contributed by atoms with Gasteiger partial charge in [-0.2, -0.15) is 5.26 Å². The van der Waals surface area contributed by atoms with E-state index in [0.717, 1.165) is 17.2 Å². The van der Waals surface area contributed by atoms with Crippen molar-refractivity contribution in [3.8, 4) is 23.4 Å². The molecule has 0 bridgehead atoms. The van der Waals surface area contributed by atoms with Crippen molar-refractivity contribution in [1.82, 2.24) is 19.7 Å². The van der Waals surface area contributed by atoms with Crippen molar-refractivity contribution in [3.63, 3.8) is 0 Å². The topological polar surface area (TPSA) is 134 Å². The molecule has 152 valence electrons. The molecule has 3 aromatic rings. The van der Waals surface area contributed by atoms with Crippen molar-refractivity contribution in [2.75, 3.05) is 0 Å². The standard InChI is InChI=1S/C19H13Cl2N5O4/c1-8-2-3-11-14(8)17(28)24-25-18(11)30-15-12(20)4-10(5-13(15)21)26-7-9(6-22)16(27)23-19(26)29/h4-5,7-8H,2-3H2,1H3,(H,24,28)(H,23,27,29). The van der Waals surface area contributed by atoms with Crippen molar-refractivity contribution in [2.45, 2.75) is 25.7 Å². The lowest BCUT2D eigenvalue weighted by molar-refractivity contribution is 0.448. The number of rotatable bonds is 3. The van der Waals surface area contributed by atoms with Crippen molar-refractivity contribution in [3.05, 3.63) is 76.3 Å². The number of H-pyrrole nitrogens is 2. The molecule has 1 aromatic carbocycles. The van der Waals surface area contributed by atoms with E-state index in [9.17, 15) is 14.4 Å². The number of nitrogens with zero attached hydrogens (tertiary/aromatic N) is 3. The van der Waals surface area contributed by atoms with Crippen LogP contribution in [0.1, 0.15) is 36.0 Å². The maximum Gasteiger partial charge on any atom is 0.332 e. The number of nitriles is 1. The highest BCUT2D eigenvalue weighted by Crippen LogP contribution is 2.41. The van der Waals surface area contributed by atoms with Crippen LogP contribution in [0.25, 0.3) is 5.69 Å². The third-order valence-electron chi connectivity index (χ3n) is 4.93. The van der Waals surface area contributed by atoms with E-state index in [1.54, 1.807) is 6.07 Å². The predicted octanol–water partition coefficient (Wildman–Crippen LogP) is 2.63. The number of fused-ring (bicyclic) bond motifs is 1. The van der Waals surface area contributed by atoms with Crippen molar-refractivity contribution in [1.29, 1.82) is 5.26 Å². The maximum absolute atomic E-state index is 12.1. The Morgan fingerprint density at radius 2 is 1.93 bits per heavy atom. The van der Waals surface area contributed by atoms with E-state index in [1.165, 1.54) is 12.1 Å². The molecule has 11 heteroatoms. The highest BCUT2D eigenvalue weighted by molar-refractivity contribution is 6.37. The molecule has 0 fully saturated rings. The smallest absolute Gasteiger partial charge is 0.332 e. The first-order valence-electron chi connectivity index (χ1n) is 8.85. The fourth-order valence-electron chi connectivity index (χ4n) is 3.46. The zero-order chi connectivity index (χ0) is 21.6. The fraction of sp³-hybridized carbons (Fsp3) is 0.211. The van der Waals surface area contributed by atoms with Crippen molar-refractivity contribution in [2.24, 2.45) is 0 Å². The Morgan fingerprint density at radius 3 is 2.60 bits per heavy atom. The fourth-order valence-corrected chi connectivity index (χ4v) is 4.01. The van der Waals surface area contributed by atoms with Gasteiger partial charge < -0.3 is 4.74 Å². The molecule has 0 spiro atoms. The van der Waals surface area contributed by atoms with Crippen LogP contribution in [0.4, 0.5) is 0 Å². The van der Waals surface area contributed by atoms with Gasteiger partial charge >= 0.3 is 5.69 Å². The summed E-state index contributed by atoms with van der Waals surface area (Å²) in [7, 11) is 0. The van der Waals surface area contributed by atoms with Gasteiger partial charge in [-0.15, -0.1) is 5.10 Å². The second kappa shape index (κ2) is 7.48. The predicted molar refractivity (Wildman–Crippen MR) is 109 cm³/mol. The largest absolute Gasteiger partial charge is 0.434 e. The summed E-state index contributed by atoms with van der Waals surface area (Å²) in [5, 5.41) is 15.6. The Hall–Kier alpha value is -3.35. The number of hydrogen-bond acceptors (Lipinski definition) is 6. The van der Waals surface area contributed by atoms with E-state index < -0.39 is 11.2 Å². The minimum absolute atomic E-state index is 0.0712. The molecule has 9 nitrogen and oxygen atoms in total. The van der Waals surface area contributed by atoms with Crippen LogP contribution < -0.4 is 21.5 Å². The summed E-state index contributed by atoms with van der Waals surface area (Å²) in [5.41, 5.74) is -0.476. The highest BCUT2D eigenvalue weighted by atomic mass is 35.5. The number of nitrogens with one attached hydrogen (secondary N) is 2. The minimum Gasteiger partial charge on any atom is -0.434 e. The lowest BCUT2D eigenvalue weighted by Gasteiger charge is -2.14. The van der Waals surface area contributed by atoms with E-state index in [4.69, 9.17) is 33.2 Å². The quantitative estimate of drug-likeness (QED) is 0.636. The SMILES string of the molecule is CC1CCc2c(Oc3c(Cl)cc(-n4cc(C#N)c(=O)[nH]c4=O)cc3Cl)n[nH]c(=O)c21. The molecule has 0 amide bonds. The van der Waals surface area contributed by atoms with Crippen LogP contribution >= 0.6 is 23.2 Å². The summed E-state index contributed by atoms with van der Waals surface area (Å²) in [6.07, 6.45) is 2.54. The third kappa shape index (κ3) is 3.30. The van der Waals surface area contributed by atoms with Gasteiger partial charge in [-0.3, -0.25) is 19.1 Å². The van der Waals surface area contributed by atoms with Gasteiger partial charge in [0.1, 0.15) is 11.6 Å². The molecule has 0 aliphatic heterocycles. The maximum atomic E-state index is 12.1. The van der Waals surface area contributed by atoms with E-state index in [0.29, 0.717) is 17.5 Å². The van der Waals surface area contributed by atoms with Crippen LogP contribution in [0.5, 0.6) is 11.6 Å². The zero-order valence-corrected chi connectivity index (χ0v) is 17.0. The average Bonchev–Trinajstić information content (AvgIpc) is 3.09. The van der Waals surface area contributed by atoms with Gasteiger partial charge in [-0.25, -0.2) is 9.89 Å². The molecule has 4 rings (SSSR count). The van der Waals surface area contributed by atoms with E-state index in [1.807, 2.05) is 6.92 Å². The van der Waals surface area contributed by atoms with Crippen LogP contribution in [0.2, 0.25) is 10.0 Å². The first kappa shape index (κ1) is 19.9. The van der Waals surface area contributed by atoms with E-state index in [-0.39, 0.29) is 44.4 Å². The molecule has 0 radical (unpaired) electrons. The number of aromatic amines is 2. The van der Waals surface area contributed by atoms with Crippen LogP contribution in [-0.4, -0.2) is 19.7 Å². The number of hydrogen-bond donors (Lipinski definition) is 2. The Bertz CT molecular complexity index is 1380. The molecule has 2 aromatic heterocycles. The Labute approximate surface area is 178 Å². The van der Waals surface area contributed by atoms with Gasteiger partial charge in [0, 0.05) is 17.3 Å². The van der Waals surface area contributed by atoms with Gasteiger partial charge in [-0.1, -0.05) is 30.1 Å². The third-order valence-corrected chi connectivity index (χ3v) is 5.49. The summed E-state index contributed by atoms with van der Waals surface area (Å²) in [4.78, 5) is 37.8. The van der Waals surface area contributed by atoms with Gasteiger partial charge in [0.2, 0.25) is 5.88 Å². The molecule has 2 N–H and O–H groups in total. The van der Waals surface area contributed by atoms with E-state index >= 15 is 0 Å². The minimum atomic E-state index is -0.789. The zero-order valence-electron chi connectivity index (χ0n) is 15.5. The molecular formula is C19H13Cl2N5O4. The number of ether oxygens (including phenoxy) is 1. The highest BCUT2D eigenvalue weighted by Gasteiger charge is 2.27. The summed E-state index contributed by atoms with van der Waals surface area (Å²) in [5.74, 6) is 0.392. The second-order valence-electron chi connectivity index (χ2n) is 6.81. The summed E-state index contributed by atoms with van der Waals surface area (Å²) in [6, 6.07) is 4.51. The Morgan fingerprint density at radius 1 is 1.23 bits per heavy atom. The Balaban J connectivity index is 1.78. The van der Waals surface area contributed by atoms with Gasteiger partial charge in [-0.05, 0) is 30.9 Å². The lowest BCUT2D eigenvalue weighted by atomic mass is 10.1. The van der Waals surface area contributed by atoms with Gasteiger partial charge in [0.05, 0.1) is 15.7 Å². The van der Waals surface area contributed by atoms with Crippen LogP contribution in [0.3, 0.4) is 0 Å². The Kier molecular flexibility index (Phi) is 4.97. The van der Waals surface area contributed by atoms with Crippen LogP contribution in [0, 0.1) is 11.3 Å². The molecule has 2 heterocycles. The summed E-state index contributed by atoms with van der Waals surface area (Å²) in [6.45, 7) is 1.96. The van der Waals surface area contributed by atoms with Crippen LogP contribution in [0.15, 0.2) is 32.7 Å². The first-order valence-corrected chi connectivity index (χ1v) is 9.60. The van der Waals surface area contributed by atoms with Gasteiger partial charge in [0.15, 0.2) is 5.75 Å².